The summed E-state index contributed by atoms with van der Waals surface area (Å²) < 4.78 is 16.9. The van der Waals surface area contributed by atoms with Crippen molar-refractivity contribution >= 4 is 21.8 Å². The third kappa shape index (κ3) is 3.13. The van der Waals surface area contributed by atoms with E-state index in [0.717, 1.165) is 38.5 Å². The van der Waals surface area contributed by atoms with Crippen LogP contribution in [0.3, 0.4) is 0 Å². The van der Waals surface area contributed by atoms with Crippen LogP contribution in [0.2, 0.25) is 0 Å². The Hall–Kier alpha value is -5.19. The fourth-order valence-corrected chi connectivity index (χ4v) is 6.26. The standard InChI is InChI=1S/C35H22FN3/c1-35(2)29-11-7-6-10-24(29)25-17-27-26-16-22(21-8-4-3-5-9-21)13-15-32(26)39(33(27)18-30(25)35)34-23(19-37)12-14-31(36)28(34)20-38/h3-18H,1-2H3. The van der Waals surface area contributed by atoms with Crippen molar-refractivity contribution in [3.8, 4) is 40.1 Å². The van der Waals surface area contributed by atoms with Crippen LogP contribution >= 0.6 is 0 Å². The highest BCUT2D eigenvalue weighted by atomic mass is 19.1. The molecule has 0 fully saturated rings. The van der Waals surface area contributed by atoms with E-state index in [2.05, 4.69) is 74.5 Å². The van der Waals surface area contributed by atoms with Crippen molar-refractivity contribution in [2.45, 2.75) is 19.3 Å². The van der Waals surface area contributed by atoms with Gasteiger partial charge in [0.15, 0.2) is 0 Å². The van der Waals surface area contributed by atoms with Crippen LogP contribution in [-0.4, -0.2) is 4.57 Å². The summed E-state index contributed by atoms with van der Waals surface area (Å²) in [5, 5.41) is 22.0. The Morgan fingerprint density at radius 3 is 2.18 bits per heavy atom. The molecule has 1 heterocycles. The highest BCUT2D eigenvalue weighted by Crippen LogP contribution is 2.51. The summed E-state index contributed by atoms with van der Waals surface area (Å²) in [6.07, 6.45) is 0. The first-order valence-corrected chi connectivity index (χ1v) is 12.8. The van der Waals surface area contributed by atoms with Crippen molar-refractivity contribution in [1.29, 1.82) is 10.5 Å². The molecule has 6 aromatic rings. The summed E-state index contributed by atoms with van der Waals surface area (Å²) in [4.78, 5) is 0. The van der Waals surface area contributed by atoms with Crippen molar-refractivity contribution in [3.63, 3.8) is 0 Å². The molecule has 0 atom stereocenters. The Bertz CT molecular complexity index is 2070. The third-order valence-electron chi connectivity index (χ3n) is 8.16. The van der Waals surface area contributed by atoms with Crippen molar-refractivity contribution in [2.24, 2.45) is 0 Å². The van der Waals surface area contributed by atoms with Gasteiger partial charge in [0.1, 0.15) is 23.5 Å². The quantitative estimate of drug-likeness (QED) is 0.237. The Morgan fingerprint density at radius 1 is 0.667 bits per heavy atom. The molecule has 39 heavy (non-hydrogen) atoms. The lowest BCUT2D eigenvalue weighted by Crippen LogP contribution is -2.15. The largest absolute Gasteiger partial charge is 0.307 e. The zero-order chi connectivity index (χ0) is 26.9. The van der Waals surface area contributed by atoms with E-state index in [-0.39, 0.29) is 22.2 Å². The van der Waals surface area contributed by atoms with Crippen molar-refractivity contribution in [2.75, 3.05) is 0 Å². The number of hydrogen-bond donors (Lipinski definition) is 0. The second-order valence-electron chi connectivity index (χ2n) is 10.6. The molecular formula is C35H22FN3. The van der Waals surface area contributed by atoms with Crippen molar-refractivity contribution in [3.05, 3.63) is 125 Å². The van der Waals surface area contributed by atoms with Crippen LogP contribution in [0.5, 0.6) is 0 Å². The minimum atomic E-state index is -0.642. The number of nitriles is 2. The Labute approximate surface area is 225 Å². The predicted molar refractivity (Wildman–Crippen MR) is 153 cm³/mol. The molecular weight excluding hydrogens is 481 g/mol. The number of aromatic nitrogens is 1. The van der Waals surface area contributed by atoms with Crippen LogP contribution in [0.25, 0.3) is 49.7 Å². The molecule has 0 saturated carbocycles. The Kier molecular flexibility index (Phi) is 4.80. The second kappa shape index (κ2) is 8.15. The van der Waals surface area contributed by atoms with Crippen molar-refractivity contribution in [1.82, 2.24) is 4.57 Å². The summed E-state index contributed by atoms with van der Waals surface area (Å²) in [6.45, 7) is 4.43. The van der Waals surface area contributed by atoms with Gasteiger partial charge in [0.2, 0.25) is 0 Å². The van der Waals surface area contributed by atoms with Gasteiger partial charge in [-0.15, -0.1) is 0 Å². The molecule has 0 aliphatic heterocycles. The highest BCUT2D eigenvalue weighted by Gasteiger charge is 2.36. The summed E-state index contributed by atoms with van der Waals surface area (Å²) in [5.74, 6) is -0.642. The fraction of sp³-hybridized carbons (Fsp3) is 0.0857. The molecule has 0 radical (unpaired) electrons. The van der Waals surface area contributed by atoms with Gasteiger partial charge in [-0.2, -0.15) is 10.5 Å². The number of hydrogen-bond acceptors (Lipinski definition) is 2. The van der Waals surface area contributed by atoms with Crippen molar-refractivity contribution < 1.29 is 4.39 Å². The van der Waals surface area contributed by atoms with Gasteiger partial charge in [-0.1, -0.05) is 74.5 Å². The third-order valence-corrected chi connectivity index (χ3v) is 8.16. The topological polar surface area (TPSA) is 52.5 Å². The second-order valence-corrected chi connectivity index (χ2v) is 10.6. The average Bonchev–Trinajstić information content (AvgIpc) is 3.40. The van der Waals surface area contributed by atoms with Crippen LogP contribution in [-0.2, 0) is 5.41 Å². The van der Waals surface area contributed by atoms with Crippen LogP contribution in [0.4, 0.5) is 4.39 Å². The van der Waals surface area contributed by atoms with Gasteiger partial charge in [-0.05, 0) is 69.8 Å². The molecule has 0 bridgehead atoms. The molecule has 3 nitrogen and oxygen atoms in total. The molecule has 7 rings (SSSR count). The smallest absolute Gasteiger partial charge is 0.143 e. The molecule has 0 spiro atoms. The minimum absolute atomic E-state index is 0.136. The maximum Gasteiger partial charge on any atom is 0.143 e. The molecule has 184 valence electrons. The van der Waals surface area contributed by atoms with E-state index in [1.807, 2.05) is 41.0 Å². The number of nitrogens with zero attached hydrogens (tertiary/aromatic N) is 3. The number of benzene rings is 5. The Balaban J connectivity index is 1.67. The van der Waals surface area contributed by atoms with Gasteiger partial charge < -0.3 is 4.57 Å². The van der Waals surface area contributed by atoms with E-state index in [0.29, 0.717) is 0 Å². The highest BCUT2D eigenvalue weighted by molar-refractivity contribution is 6.13. The SMILES string of the molecule is CC1(C)c2ccccc2-c2cc3c4cc(-c5ccccc5)ccc4n(-c4c(C#N)ccc(F)c4C#N)c3cc21. The van der Waals surface area contributed by atoms with Gasteiger partial charge >= 0.3 is 0 Å². The van der Waals surface area contributed by atoms with E-state index in [1.165, 1.54) is 28.8 Å². The molecule has 0 saturated heterocycles. The van der Waals surface area contributed by atoms with E-state index in [9.17, 15) is 10.5 Å². The van der Waals surface area contributed by atoms with Crippen LogP contribution in [0, 0.1) is 28.5 Å². The summed E-state index contributed by atoms with van der Waals surface area (Å²) in [6, 6.07) is 36.1. The first-order chi connectivity index (χ1) is 18.9. The van der Waals surface area contributed by atoms with Gasteiger partial charge in [0.05, 0.1) is 22.3 Å². The predicted octanol–water partition coefficient (Wildman–Crippen LogP) is 8.64. The lowest BCUT2D eigenvalue weighted by molar-refractivity contribution is 0.622. The molecule has 1 aromatic heterocycles. The first-order valence-electron chi connectivity index (χ1n) is 12.8. The fourth-order valence-electron chi connectivity index (χ4n) is 6.26. The molecule has 0 unspecified atom stereocenters. The summed E-state index contributed by atoms with van der Waals surface area (Å²) >= 11 is 0. The normalized spacial score (nSPS) is 13.2. The summed E-state index contributed by atoms with van der Waals surface area (Å²) in [7, 11) is 0. The molecule has 1 aliphatic carbocycles. The zero-order valence-electron chi connectivity index (χ0n) is 21.5. The minimum Gasteiger partial charge on any atom is -0.307 e. The lowest BCUT2D eigenvalue weighted by Gasteiger charge is -2.22. The van der Waals surface area contributed by atoms with Gasteiger partial charge in [-0.25, -0.2) is 4.39 Å². The monoisotopic (exact) mass is 503 g/mol. The maximum atomic E-state index is 15.0. The van der Waals surface area contributed by atoms with Gasteiger partial charge in [0.25, 0.3) is 0 Å². The van der Waals surface area contributed by atoms with E-state index >= 15 is 4.39 Å². The molecule has 0 N–H and O–H groups in total. The number of rotatable bonds is 2. The van der Waals surface area contributed by atoms with Crippen LogP contribution < -0.4 is 0 Å². The zero-order valence-corrected chi connectivity index (χ0v) is 21.5. The van der Waals surface area contributed by atoms with Crippen LogP contribution in [0.1, 0.15) is 36.1 Å². The number of fused-ring (bicyclic) bond motifs is 6. The maximum absolute atomic E-state index is 15.0. The lowest BCUT2D eigenvalue weighted by atomic mass is 9.82. The molecule has 4 heteroatoms. The average molecular weight is 504 g/mol. The first kappa shape index (κ1) is 23.0. The molecule has 0 amide bonds. The van der Waals surface area contributed by atoms with Gasteiger partial charge in [0, 0.05) is 16.2 Å². The van der Waals surface area contributed by atoms with E-state index < -0.39 is 5.82 Å². The summed E-state index contributed by atoms with van der Waals surface area (Å²) in [5.41, 5.74) is 8.77. The van der Waals surface area contributed by atoms with Crippen LogP contribution in [0.15, 0.2) is 97.1 Å². The van der Waals surface area contributed by atoms with E-state index in [1.54, 1.807) is 0 Å². The Morgan fingerprint density at radius 2 is 1.41 bits per heavy atom. The number of halogens is 1. The van der Waals surface area contributed by atoms with E-state index in [4.69, 9.17) is 0 Å². The van der Waals surface area contributed by atoms with Gasteiger partial charge in [-0.3, -0.25) is 0 Å². The molecule has 5 aromatic carbocycles. The molecule has 1 aliphatic rings.